The number of nitrogens with zero attached hydrogens (tertiary/aromatic N) is 1. The highest BCUT2D eigenvalue weighted by molar-refractivity contribution is 9.10. The monoisotopic (exact) mass is 360 g/mol. The number of hydrogen-bond donors (Lipinski definition) is 1. The molecule has 2 rings (SSSR count). The summed E-state index contributed by atoms with van der Waals surface area (Å²) in [6.45, 7) is 5.02. The van der Waals surface area contributed by atoms with Gasteiger partial charge in [0.15, 0.2) is 0 Å². The Morgan fingerprint density at radius 1 is 1.23 bits per heavy atom. The van der Waals surface area contributed by atoms with Crippen LogP contribution in [0.25, 0.3) is 0 Å². The van der Waals surface area contributed by atoms with Crippen molar-refractivity contribution in [2.75, 3.05) is 18.5 Å². The van der Waals surface area contributed by atoms with Crippen LogP contribution < -0.4 is 10.2 Å². The summed E-state index contributed by atoms with van der Waals surface area (Å²) in [5.74, 6) is -0.0572. The van der Waals surface area contributed by atoms with Gasteiger partial charge in [0.2, 0.25) is 0 Å². The number of anilines is 1. The average Bonchev–Trinajstić information content (AvgIpc) is 2.54. The van der Waals surface area contributed by atoms with E-state index in [1.165, 1.54) is 0 Å². The minimum Gasteiger partial charge on any atom is -0.375 e. The van der Waals surface area contributed by atoms with Gasteiger partial charge in [-0.3, -0.25) is 4.79 Å². The minimum absolute atomic E-state index is 0.0389. The van der Waals surface area contributed by atoms with E-state index in [1.807, 2.05) is 62.5 Å². The van der Waals surface area contributed by atoms with E-state index in [0.29, 0.717) is 5.56 Å². The van der Waals surface area contributed by atoms with Gasteiger partial charge in [0.1, 0.15) is 0 Å². The maximum absolute atomic E-state index is 12.3. The summed E-state index contributed by atoms with van der Waals surface area (Å²) in [5.41, 5.74) is 2.86. The molecule has 1 amide bonds. The summed E-state index contributed by atoms with van der Waals surface area (Å²) in [5, 5.41) is 3.03. The van der Waals surface area contributed by atoms with Gasteiger partial charge in [0.25, 0.3) is 5.91 Å². The Kier molecular flexibility index (Phi) is 5.61. The largest absolute Gasteiger partial charge is 0.375 e. The van der Waals surface area contributed by atoms with Crippen LogP contribution in [0.4, 0.5) is 5.69 Å². The molecular formula is C18H21BrN2O. The first-order valence-electron chi connectivity index (χ1n) is 7.38. The van der Waals surface area contributed by atoms with Crippen molar-refractivity contribution in [3.8, 4) is 0 Å². The number of carbonyl (C=O) groups is 1. The van der Waals surface area contributed by atoms with Gasteiger partial charge in [-0.05, 0) is 55.8 Å². The molecule has 0 aliphatic carbocycles. The molecule has 0 spiro atoms. The lowest BCUT2D eigenvalue weighted by Gasteiger charge is -2.18. The number of hydrogen-bond acceptors (Lipinski definition) is 2. The molecule has 0 aliphatic heterocycles. The van der Waals surface area contributed by atoms with Gasteiger partial charge in [0, 0.05) is 29.3 Å². The second-order valence-electron chi connectivity index (χ2n) is 5.31. The van der Waals surface area contributed by atoms with Crippen molar-refractivity contribution in [1.29, 1.82) is 0 Å². The van der Waals surface area contributed by atoms with E-state index in [4.69, 9.17) is 0 Å². The summed E-state index contributed by atoms with van der Waals surface area (Å²) < 4.78 is 1.01. The molecule has 0 aromatic heterocycles. The summed E-state index contributed by atoms with van der Waals surface area (Å²) >= 11 is 3.45. The van der Waals surface area contributed by atoms with E-state index < -0.39 is 0 Å². The minimum atomic E-state index is -0.0572. The smallest absolute Gasteiger partial charge is 0.251 e. The molecule has 0 heterocycles. The van der Waals surface area contributed by atoms with Crippen LogP contribution in [0.1, 0.15) is 35.8 Å². The molecule has 0 aliphatic rings. The predicted octanol–water partition coefficient (Wildman–Crippen LogP) is 4.40. The normalized spacial score (nSPS) is 11.8. The van der Waals surface area contributed by atoms with Crippen LogP contribution in [0.5, 0.6) is 0 Å². The molecule has 0 saturated carbocycles. The fourth-order valence-corrected chi connectivity index (χ4v) is 2.61. The Hall–Kier alpha value is -1.81. The quantitative estimate of drug-likeness (QED) is 0.856. The number of carbonyl (C=O) groups excluding carboxylic acids is 1. The Balaban J connectivity index is 2.05. The topological polar surface area (TPSA) is 32.3 Å². The van der Waals surface area contributed by atoms with Crippen molar-refractivity contribution in [1.82, 2.24) is 5.32 Å². The SMILES string of the molecule is CCN(C)c1ccc(C(=O)NC(C)c2cccc(Br)c2)cc1. The van der Waals surface area contributed by atoms with E-state index in [9.17, 15) is 4.79 Å². The van der Waals surface area contributed by atoms with Gasteiger partial charge in [-0.1, -0.05) is 28.1 Å². The van der Waals surface area contributed by atoms with Crippen molar-refractivity contribution in [2.24, 2.45) is 0 Å². The summed E-state index contributed by atoms with van der Waals surface area (Å²) in [7, 11) is 2.03. The lowest BCUT2D eigenvalue weighted by atomic mass is 10.1. The highest BCUT2D eigenvalue weighted by Crippen LogP contribution is 2.19. The van der Waals surface area contributed by atoms with E-state index >= 15 is 0 Å². The Morgan fingerprint density at radius 3 is 2.50 bits per heavy atom. The molecular weight excluding hydrogens is 340 g/mol. The number of halogens is 1. The third-order valence-corrected chi connectivity index (χ3v) is 4.23. The standard InChI is InChI=1S/C18H21BrN2O/c1-4-21(3)17-10-8-14(9-11-17)18(22)20-13(2)15-6-5-7-16(19)12-15/h5-13H,4H2,1-3H3,(H,20,22). The molecule has 22 heavy (non-hydrogen) atoms. The summed E-state index contributed by atoms with van der Waals surface area (Å²) in [4.78, 5) is 14.5. The first-order chi connectivity index (χ1) is 10.5. The van der Waals surface area contributed by atoms with Gasteiger partial charge in [-0.15, -0.1) is 0 Å². The number of benzene rings is 2. The van der Waals surface area contributed by atoms with Crippen molar-refractivity contribution >= 4 is 27.5 Å². The number of amides is 1. The molecule has 1 N–H and O–H groups in total. The van der Waals surface area contributed by atoms with Crippen LogP contribution in [0.3, 0.4) is 0 Å². The molecule has 2 aromatic rings. The van der Waals surface area contributed by atoms with Crippen molar-refractivity contribution < 1.29 is 4.79 Å². The second-order valence-corrected chi connectivity index (χ2v) is 6.23. The van der Waals surface area contributed by atoms with Crippen LogP contribution in [-0.2, 0) is 0 Å². The third-order valence-electron chi connectivity index (χ3n) is 3.74. The Morgan fingerprint density at radius 2 is 1.91 bits per heavy atom. The molecule has 0 saturated heterocycles. The van der Waals surface area contributed by atoms with Crippen LogP contribution >= 0.6 is 15.9 Å². The fraction of sp³-hybridized carbons (Fsp3) is 0.278. The van der Waals surface area contributed by atoms with Gasteiger partial charge in [-0.25, -0.2) is 0 Å². The Bertz CT molecular complexity index is 640. The van der Waals surface area contributed by atoms with Crippen molar-refractivity contribution in [3.05, 3.63) is 64.1 Å². The summed E-state index contributed by atoms with van der Waals surface area (Å²) in [6, 6.07) is 15.6. The number of nitrogens with one attached hydrogen (secondary N) is 1. The van der Waals surface area contributed by atoms with Crippen LogP contribution in [0.2, 0.25) is 0 Å². The molecule has 0 fully saturated rings. The van der Waals surface area contributed by atoms with Crippen molar-refractivity contribution in [3.63, 3.8) is 0 Å². The van der Waals surface area contributed by atoms with Gasteiger partial charge >= 0.3 is 0 Å². The molecule has 3 nitrogen and oxygen atoms in total. The van der Waals surface area contributed by atoms with Gasteiger partial charge in [0.05, 0.1) is 6.04 Å². The first-order valence-corrected chi connectivity index (χ1v) is 8.18. The maximum atomic E-state index is 12.3. The molecule has 2 aromatic carbocycles. The van der Waals surface area contributed by atoms with Gasteiger partial charge in [-0.2, -0.15) is 0 Å². The molecule has 4 heteroatoms. The van der Waals surface area contributed by atoms with Crippen LogP contribution in [0.15, 0.2) is 53.0 Å². The second kappa shape index (κ2) is 7.45. The van der Waals surface area contributed by atoms with Gasteiger partial charge < -0.3 is 10.2 Å². The first kappa shape index (κ1) is 16.6. The third kappa shape index (κ3) is 4.10. The van der Waals surface area contributed by atoms with E-state index in [1.54, 1.807) is 0 Å². The highest BCUT2D eigenvalue weighted by Gasteiger charge is 2.12. The van der Waals surface area contributed by atoms with Crippen LogP contribution in [0, 0.1) is 0 Å². The van der Waals surface area contributed by atoms with Crippen LogP contribution in [-0.4, -0.2) is 19.5 Å². The lowest BCUT2D eigenvalue weighted by molar-refractivity contribution is 0.0940. The van der Waals surface area contributed by atoms with E-state index in [2.05, 4.69) is 33.1 Å². The zero-order valence-electron chi connectivity index (χ0n) is 13.1. The van der Waals surface area contributed by atoms with Crippen molar-refractivity contribution in [2.45, 2.75) is 19.9 Å². The summed E-state index contributed by atoms with van der Waals surface area (Å²) in [6.07, 6.45) is 0. The zero-order valence-corrected chi connectivity index (χ0v) is 14.7. The van der Waals surface area contributed by atoms with E-state index in [0.717, 1.165) is 22.3 Å². The molecule has 116 valence electrons. The molecule has 1 unspecified atom stereocenters. The highest BCUT2D eigenvalue weighted by atomic mass is 79.9. The average molecular weight is 361 g/mol. The molecule has 0 radical (unpaired) electrons. The Labute approximate surface area is 140 Å². The molecule has 1 atom stereocenters. The number of rotatable bonds is 5. The predicted molar refractivity (Wildman–Crippen MR) is 95.4 cm³/mol. The molecule has 0 bridgehead atoms. The maximum Gasteiger partial charge on any atom is 0.251 e. The van der Waals surface area contributed by atoms with E-state index in [-0.39, 0.29) is 11.9 Å². The fourth-order valence-electron chi connectivity index (χ4n) is 2.19. The zero-order chi connectivity index (χ0) is 16.1. The lowest BCUT2D eigenvalue weighted by Crippen LogP contribution is -2.26.